The number of hydrogen-bond acceptors (Lipinski definition) is 4. The Bertz CT molecular complexity index is 561. The average Bonchev–Trinajstić information content (AvgIpc) is 2.94. The van der Waals surface area contributed by atoms with Crippen LogP contribution in [0.15, 0.2) is 36.5 Å². The lowest BCUT2D eigenvalue weighted by molar-refractivity contribution is 0.193. The van der Waals surface area contributed by atoms with E-state index in [-0.39, 0.29) is 0 Å². The largest absolute Gasteiger partial charge is 0.316 e. The quantitative estimate of drug-likeness (QED) is 0.885. The van der Waals surface area contributed by atoms with Gasteiger partial charge in [-0.15, -0.1) is 11.3 Å². The van der Waals surface area contributed by atoms with Gasteiger partial charge in [0.15, 0.2) is 0 Å². The molecule has 0 aliphatic carbocycles. The second-order valence-corrected chi connectivity index (χ2v) is 7.59. The third-order valence-corrected chi connectivity index (χ3v) is 5.19. The van der Waals surface area contributed by atoms with Crippen molar-refractivity contribution in [3.63, 3.8) is 0 Å². The Kier molecular flexibility index (Phi) is 5.59. The van der Waals surface area contributed by atoms with Gasteiger partial charge in [-0.3, -0.25) is 9.88 Å². The molecule has 2 aromatic rings. The second kappa shape index (κ2) is 7.86. The molecule has 0 aromatic carbocycles. The number of thiophene rings is 1. The van der Waals surface area contributed by atoms with Gasteiger partial charge in [-0.2, -0.15) is 0 Å². The molecule has 1 N–H and O–H groups in total. The van der Waals surface area contributed by atoms with Crippen LogP contribution in [-0.2, 0) is 13.1 Å². The van der Waals surface area contributed by atoms with E-state index in [1.165, 1.54) is 34.8 Å². The molecular formula is C18H25N3S. The third kappa shape index (κ3) is 4.63. The summed E-state index contributed by atoms with van der Waals surface area (Å²) < 4.78 is 0. The van der Waals surface area contributed by atoms with E-state index in [4.69, 9.17) is 0 Å². The minimum Gasteiger partial charge on any atom is -0.316 e. The van der Waals surface area contributed by atoms with E-state index >= 15 is 0 Å². The van der Waals surface area contributed by atoms with E-state index in [9.17, 15) is 0 Å². The summed E-state index contributed by atoms with van der Waals surface area (Å²) in [5.41, 5.74) is 1.17. The van der Waals surface area contributed by atoms with Crippen molar-refractivity contribution in [2.24, 2.45) is 5.92 Å². The van der Waals surface area contributed by atoms with Gasteiger partial charge in [-0.25, -0.2) is 0 Å². The molecule has 118 valence electrons. The maximum absolute atomic E-state index is 4.50. The standard InChI is InChI=1S/C18H25N3S/c1-15-7-8-18(22-15)14-21(12-16-5-4-9-19-11-16)13-17-6-2-3-10-20-17/h2-3,6-8,10,16,19H,4-5,9,11-14H2,1H3/t16-/m1/s1. The first-order valence-corrected chi connectivity index (χ1v) is 8.99. The molecule has 1 atom stereocenters. The Balaban J connectivity index is 1.66. The molecule has 4 heteroatoms. The van der Waals surface area contributed by atoms with Gasteiger partial charge in [0.2, 0.25) is 0 Å². The fourth-order valence-electron chi connectivity index (χ4n) is 3.14. The van der Waals surface area contributed by atoms with E-state index in [1.54, 1.807) is 0 Å². The fourth-order valence-corrected chi connectivity index (χ4v) is 4.07. The molecule has 0 bridgehead atoms. The van der Waals surface area contributed by atoms with Crippen LogP contribution in [0.1, 0.15) is 28.3 Å². The van der Waals surface area contributed by atoms with Gasteiger partial charge in [-0.1, -0.05) is 6.07 Å². The molecule has 2 aromatic heterocycles. The zero-order valence-electron chi connectivity index (χ0n) is 13.3. The summed E-state index contributed by atoms with van der Waals surface area (Å²) in [5.74, 6) is 0.763. The molecule has 1 aliphatic rings. The Morgan fingerprint density at radius 3 is 2.91 bits per heavy atom. The van der Waals surface area contributed by atoms with E-state index in [2.05, 4.69) is 46.4 Å². The summed E-state index contributed by atoms with van der Waals surface area (Å²) in [6.07, 6.45) is 4.54. The first kappa shape index (κ1) is 15.7. The SMILES string of the molecule is Cc1ccc(CN(Cc2ccccn2)C[C@@H]2CCCNC2)s1. The number of piperidine rings is 1. The van der Waals surface area contributed by atoms with Crippen LogP contribution in [0.5, 0.6) is 0 Å². The van der Waals surface area contributed by atoms with Gasteiger partial charge in [0.1, 0.15) is 0 Å². The zero-order valence-corrected chi connectivity index (χ0v) is 14.1. The van der Waals surface area contributed by atoms with Crippen molar-refractivity contribution in [3.05, 3.63) is 52.0 Å². The number of pyridine rings is 1. The van der Waals surface area contributed by atoms with Crippen LogP contribution in [0.25, 0.3) is 0 Å². The highest BCUT2D eigenvalue weighted by atomic mass is 32.1. The van der Waals surface area contributed by atoms with Crippen LogP contribution in [0, 0.1) is 12.8 Å². The average molecular weight is 315 g/mol. The summed E-state index contributed by atoms with van der Waals surface area (Å²) in [5, 5.41) is 3.53. The maximum Gasteiger partial charge on any atom is 0.0544 e. The highest BCUT2D eigenvalue weighted by molar-refractivity contribution is 7.11. The highest BCUT2D eigenvalue weighted by Gasteiger charge is 2.18. The molecule has 0 saturated carbocycles. The monoisotopic (exact) mass is 315 g/mol. The Labute approximate surface area is 137 Å². The van der Waals surface area contributed by atoms with Crippen LogP contribution >= 0.6 is 11.3 Å². The molecule has 3 rings (SSSR count). The van der Waals surface area contributed by atoms with Crippen LogP contribution in [0.3, 0.4) is 0 Å². The number of hydrogen-bond donors (Lipinski definition) is 1. The number of nitrogens with one attached hydrogen (secondary N) is 1. The van der Waals surface area contributed by atoms with E-state index in [1.807, 2.05) is 23.6 Å². The van der Waals surface area contributed by atoms with Crippen LogP contribution in [0.4, 0.5) is 0 Å². The molecule has 1 aliphatic heterocycles. The Hall–Kier alpha value is -1.23. The predicted octanol–water partition coefficient (Wildman–Crippen LogP) is 3.45. The first-order valence-electron chi connectivity index (χ1n) is 8.18. The van der Waals surface area contributed by atoms with Crippen LogP contribution in [-0.4, -0.2) is 29.5 Å². The molecule has 0 unspecified atom stereocenters. The zero-order chi connectivity index (χ0) is 15.2. The lowest BCUT2D eigenvalue weighted by atomic mass is 9.99. The van der Waals surface area contributed by atoms with Gasteiger partial charge in [0.05, 0.1) is 5.69 Å². The van der Waals surface area contributed by atoms with Gasteiger partial charge in [0, 0.05) is 35.6 Å². The second-order valence-electron chi connectivity index (χ2n) is 6.22. The van der Waals surface area contributed by atoms with Crippen molar-refractivity contribution in [3.8, 4) is 0 Å². The minimum atomic E-state index is 0.763. The summed E-state index contributed by atoms with van der Waals surface area (Å²) >= 11 is 1.91. The van der Waals surface area contributed by atoms with Crippen LogP contribution < -0.4 is 5.32 Å². The van der Waals surface area contributed by atoms with E-state index in [0.717, 1.165) is 32.1 Å². The highest BCUT2D eigenvalue weighted by Crippen LogP contribution is 2.20. The van der Waals surface area contributed by atoms with E-state index < -0.39 is 0 Å². The number of rotatable bonds is 6. The maximum atomic E-state index is 4.50. The van der Waals surface area contributed by atoms with Crippen molar-refractivity contribution in [2.75, 3.05) is 19.6 Å². The van der Waals surface area contributed by atoms with E-state index in [0.29, 0.717) is 0 Å². The number of aromatic nitrogens is 1. The predicted molar refractivity (Wildman–Crippen MR) is 93.0 cm³/mol. The molecule has 3 heterocycles. The first-order chi connectivity index (χ1) is 10.8. The van der Waals surface area contributed by atoms with Crippen molar-refractivity contribution >= 4 is 11.3 Å². The number of nitrogens with zero attached hydrogens (tertiary/aromatic N) is 2. The Morgan fingerprint density at radius 2 is 2.23 bits per heavy atom. The van der Waals surface area contributed by atoms with Crippen molar-refractivity contribution < 1.29 is 0 Å². The lowest BCUT2D eigenvalue weighted by Gasteiger charge is -2.29. The summed E-state index contributed by atoms with van der Waals surface area (Å²) in [6.45, 7) is 7.64. The fraction of sp³-hybridized carbons (Fsp3) is 0.500. The summed E-state index contributed by atoms with van der Waals surface area (Å²) in [6, 6.07) is 10.7. The molecular weight excluding hydrogens is 290 g/mol. The van der Waals surface area contributed by atoms with Gasteiger partial charge < -0.3 is 5.32 Å². The van der Waals surface area contributed by atoms with Crippen molar-refractivity contribution in [1.29, 1.82) is 0 Å². The number of aryl methyl sites for hydroxylation is 1. The molecule has 22 heavy (non-hydrogen) atoms. The molecule has 3 nitrogen and oxygen atoms in total. The Morgan fingerprint density at radius 1 is 1.27 bits per heavy atom. The summed E-state index contributed by atoms with van der Waals surface area (Å²) in [7, 11) is 0. The van der Waals surface area contributed by atoms with Crippen molar-refractivity contribution in [1.82, 2.24) is 15.2 Å². The third-order valence-electron chi connectivity index (χ3n) is 4.20. The smallest absolute Gasteiger partial charge is 0.0544 e. The summed E-state index contributed by atoms with van der Waals surface area (Å²) in [4.78, 5) is 9.92. The van der Waals surface area contributed by atoms with Crippen molar-refractivity contribution in [2.45, 2.75) is 32.9 Å². The normalized spacial score (nSPS) is 18.7. The lowest BCUT2D eigenvalue weighted by Crippen LogP contribution is -2.37. The van der Waals surface area contributed by atoms with Gasteiger partial charge >= 0.3 is 0 Å². The van der Waals surface area contributed by atoms with Gasteiger partial charge in [-0.05, 0) is 63.0 Å². The molecule has 0 spiro atoms. The molecule has 1 fully saturated rings. The molecule has 0 radical (unpaired) electrons. The molecule has 0 amide bonds. The van der Waals surface area contributed by atoms with Gasteiger partial charge in [0.25, 0.3) is 0 Å². The molecule has 1 saturated heterocycles. The minimum absolute atomic E-state index is 0.763. The topological polar surface area (TPSA) is 28.2 Å². The van der Waals surface area contributed by atoms with Crippen LogP contribution in [0.2, 0.25) is 0 Å².